The molecule has 1 N–H and O–H groups in total. The van der Waals surface area contributed by atoms with Gasteiger partial charge in [0.05, 0.1) is 11.9 Å². The molecule has 0 saturated carbocycles. The van der Waals surface area contributed by atoms with E-state index in [1.165, 1.54) is 6.07 Å². The number of nitrogens with zero attached hydrogens (tertiary/aromatic N) is 1. The molecule has 0 saturated heterocycles. The molecule has 0 bridgehead atoms. The lowest BCUT2D eigenvalue weighted by Gasteiger charge is -2.20. The number of rotatable bonds is 3. The van der Waals surface area contributed by atoms with Crippen molar-refractivity contribution in [3.63, 3.8) is 0 Å². The third-order valence-corrected chi connectivity index (χ3v) is 2.80. The zero-order valence-corrected chi connectivity index (χ0v) is 11.1. The van der Waals surface area contributed by atoms with Crippen LogP contribution in [0.1, 0.15) is 26.3 Å². The average Bonchev–Trinajstić information content (AvgIpc) is 2.13. The van der Waals surface area contributed by atoms with Crippen molar-refractivity contribution >= 4 is 21.4 Å². The van der Waals surface area contributed by atoms with Crippen LogP contribution >= 0.6 is 0 Å². The smallest absolute Gasteiger partial charge is 0.229 e. The standard InChI is InChI=1S/C11H16N2O3S/c1-11(2,3)8-5-9(12-14)7-10(6-8)13-17(4,15)16/h5-7,13H,1-4H3. The van der Waals surface area contributed by atoms with E-state index < -0.39 is 10.0 Å². The molecule has 5 nitrogen and oxygen atoms in total. The van der Waals surface area contributed by atoms with E-state index in [2.05, 4.69) is 9.90 Å². The van der Waals surface area contributed by atoms with Gasteiger partial charge in [-0.3, -0.25) is 4.72 Å². The SMILES string of the molecule is CC(C)(C)c1cc(N=O)cc(NS(C)(=O)=O)c1. The molecule has 17 heavy (non-hydrogen) atoms. The fourth-order valence-electron chi connectivity index (χ4n) is 1.37. The highest BCUT2D eigenvalue weighted by Gasteiger charge is 2.16. The van der Waals surface area contributed by atoms with Crippen molar-refractivity contribution in [1.82, 2.24) is 0 Å². The second kappa shape index (κ2) is 4.44. The minimum atomic E-state index is -3.36. The van der Waals surface area contributed by atoms with Gasteiger partial charge in [-0.15, -0.1) is 4.91 Å². The molecule has 1 rings (SSSR count). The van der Waals surface area contributed by atoms with Crippen LogP contribution < -0.4 is 4.72 Å². The molecule has 0 aromatic heterocycles. The Morgan fingerprint density at radius 2 is 1.76 bits per heavy atom. The molecule has 0 radical (unpaired) electrons. The monoisotopic (exact) mass is 256 g/mol. The Labute approximate surface area is 101 Å². The van der Waals surface area contributed by atoms with E-state index in [0.717, 1.165) is 11.8 Å². The minimum absolute atomic E-state index is 0.186. The second-order valence-corrected chi connectivity index (χ2v) is 6.73. The maximum absolute atomic E-state index is 11.1. The summed E-state index contributed by atoms with van der Waals surface area (Å²) in [6, 6.07) is 4.76. The Morgan fingerprint density at radius 3 is 2.18 bits per heavy atom. The Balaban J connectivity index is 3.28. The van der Waals surface area contributed by atoms with Gasteiger partial charge in [-0.25, -0.2) is 8.42 Å². The van der Waals surface area contributed by atoms with E-state index in [4.69, 9.17) is 0 Å². The molecule has 94 valence electrons. The number of hydrogen-bond acceptors (Lipinski definition) is 4. The quantitative estimate of drug-likeness (QED) is 0.845. The number of hydrogen-bond donors (Lipinski definition) is 1. The second-order valence-electron chi connectivity index (χ2n) is 4.98. The predicted molar refractivity (Wildman–Crippen MR) is 69.1 cm³/mol. The molecule has 1 aromatic rings. The molecule has 0 unspecified atom stereocenters. The normalized spacial score (nSPS) is 12.2. The van der Waals surface area contributed by atoms with Gasteiger partial charge in [0.15, 0.2) is 0 Å². The van der Waals surface area contributed by atoms with Gasteiger partial charge in [0.1, 0.15) is 5.69 Å². The van der Waals surface area contributed by atoms with Crippen molar-refractivity contribution in [3.05, 3.63) is 28.7 Å². The molecule has 1 aromatic carbocycles. The van der Waals surface area contributed by atoms with Crippen molar-refractivity contribution in [2.24, 2.45) is 5.18 Å². The highest BCUT2D eigenvalue weighted by molar-refractivity contribution is 7.92. The third kappa shape index (κ3) is 4.14. The maximum Gasteiger partial charge on any atom is 0.229 e. The largest absolute Gasteiger partial charge is 0.284 e. The number of benzene rings is 1. The molecule has 0 spiro atoms. The zero-order valence-electron chi connectivity index (χ0n) is 10.3. The molecule has 0 aliphatic carbocycles. The summed E-state index contributed by atoms with van der Waals surface area (Å²) in [6.45, 7) is 5.92. The summed E-state index contributed by atoms with van der Waals surface area (Å²) >= 11 is 0. The maximum atomic E-state index is 11.1. The first-order valence-corrected chi connectivity index (χ1v) is 6.98. The van der Waals surface area contributed by atoms with Crippen LogP contribution in [0.4, 0.5) is 11.4 Å². The third-order valence-electron chi connectivity index (χ3n) is 2.19. The van der Waals surface area contributed by atoms with Crippen LogP contribution in [0.2, 0.25) is 0 Å². The predicted octanol–water partition coefficient (Wildman–Crippen LogP) is 2.75. The molecule has 0 heterocycles. The van der Waals surface area contributed by atoms with Crippen molar-refractivity contribution in [3.8, 4) is 0 Å². The van der Waals surface area contributed by atoms with Crippen molar-refractivity contribution in [2.45, 2.75) is 26.2 Å². The lowest BCUT2D eigenvalue weighted by Crippen LogP contribution is -2.13. The fraction of sp³-hybridized carbons (Fsp3) is 0.455. The highest BCUT2D eigenvalue weighted by atomic mass is 32.2. The van der Waals surface area contributed by atoms with Crippen LogP contribution in [0, 0.1) is 4.91 Å². The van der Waals surface area contributed by atoms with E-state index in [1.54, 1.807) is 12.1 Å². The van der Waals surface area contributed by atoms with Gasteiger partial charge in [-0.05, 0) is 34.4 Å². The molecular formula is C11H16N2O3S. The molecule has 0 atom stereocenters. The van der Waals surface area contributed by atoms with Crippen LogP contribution in [0.15, 0.2) is 23.4 Å². The Morgan fingerprint density at radius 1 is 1.18 bits per heavy atom. The van der Waals surface area contributed by atoms with E-state index in [1.807, 2.05) is 20.8 Å². The topological polar surface area (TPSA) is 75.6 Å². The number of anilines is 1. The Bertz CT molecular complexity index is 530. The molecule has 0 fully saturated rings. The van der Waals surface area contributed by atoms with Gasteiger partial charge >= 0.3 is 0 Å². The lowest BCUT2D eigenvalue weighted by molar-refractivity contribution is 0.590. The number of nitroso groups, excluding NO2 is 1. The summed E-state index contributed by atoms with van der Waals surface area (Å²) in [5.74, 6) is 0. The van der Waals surface area contributed by atoms with Crippen LogP contribution in [0.3, 0.4) is 0 Å². The fourth-order valence-corrected chi connectivity index (χ4v) is 1.92. The molecule has 0 amide bonds. The van der Waals surface area contributed by atoms with Crippen LogP contribution in [-0.4, -0.2) is 14.7 Å². The van der Waals surface area contributed by atoms with Gasteiger partial charge in [-0.2, -0.15) is 0 Å². The summed E-state index contributed by atoms with van der Waals surface area (Å²) < 4.78 is 24.6. The van der Waals surface area contributed by atoms with Gasteiger partial charge < -0.3 is 0 Å². The van der Waals surface area contributed by atoms with E-state index in [9.17, 15) is 13.3 Å². The summed E-state index contributed by atoms with van der Waals surface area (Å²) in [6.07, 6.45) is 1.06. The van der Waals surface area contributed by atoms with Gasteiger partial charge in [0.2, 0.25) is 10.0 Å². The van der Waals surface area contributed by atoms with Crippen molar-refractivity contribution in [2.75, 3.05) is 11.0 Å². The van der Waals surface area contributed by atoms with Crippen LogP contribution in [0.5, 0.6) is 0 Å². The van der Waals surface area contributed by atoms with Gasteiger partial charge in [-0.1, -0.05) is 20.8 Å². The van der Waals surface area contributed by atoms with Crippen LogP contribution in [-0.2, 0) is 15.4 Å². The zero-order chi connectivity index (χ0) is 13.3. The molecular weight excluding hydrogens is 240 g/mol. The van der Waals surface area contributed by atoms with E-state index in [-0.39, 0.29) is 11.1 Å². The molecule has 0 aliphatic heterocycles. The number of nitrogens with one attached hydrogen (secondary N) is 1. The summed E-state index contributed by atoms with van der Waals surface area (Å²) in [7, 11) is -3.36. The Kier molecular flexibility index (Phi) is 3.56. The average molecular weight is 256 g/mol. The summed E-state index contributed by atoms with van der Waals surface area (Å²) in [5.41, 5.74) is 1.23. The van der Waals surface area contributed by atoms with Crippen LogP contribution in [0.25, 0.3) is 0 Å². The van der Waals surface area contributed by atoms with E-state index >= 15 is 0 Å². The van der Waals surface area contributed by atoms with Crippen molar-refractivity contribution in [1.29, 1.82) is 0 Å². The number of sulfonamides is 1. The van der Waals surface area contributed by atoms with Crippen molar-refractivity contribution < 1.29 is 8.42 Å². The first-order valence-electron chi connectivity index (χ1n) is 5.08. The lowest BCUT2D eigenvalue weighted by atomic mass is 9.86. The summed E-state index contributed by atoms with van der Waals surface area (Å²) in [5, 5.41) is 2.85. The first-order chi connectivity index (χ1) is 7.62. The Hall–Kier alpha value is -1.43. The highest BCUT2D eigenvalue weighted by Crippen LogP contribution is 2.30. The van der Waals surface area contributed by atoms with Gasteiger partial charge in [0.25, 0.3) is 0 Å². The van der Waals surface area contributed by atoms with E-state index in [0.29, 0.717) is 5.69 Å². The molecule has 6 heteroatoms. The van der Waals surface area contributed by atoms with Gasteiger partial charge in [0, 0.05) is 0 Å². The summed E-state index contributed by atoms with van der Waals surface area (Å²) in [4.78, 5) is 10.6. The molecule has 0 aliphatic rings. The first kappa shape index (κ1) is 13.6. The minimum Gasteiger partial charge on any atom is -0.284 e.